The van der Waals surface area contributed by atoms with Gasteiger partial charge in [-0.05, 0) is 126 Å². The first-order valence-corrected chi connectivity index (χ1v) is 24.3. The van der Waals surface area contributed by atoms with E-state index in [1.54, 1.807) is 0 Å². The molecule has 0 amide bonds. The molecule has 0 radical (unpaired) electrons. The summed E-state index contributed by atoms with van der Waals surface area (Å²) >= 11 is 3.71. The molecule has 316 valence electrons. The molecule has 13 aromatic rings. The third-order valence-corrected chi connectivity index (χ3v) is 15.3. The number of hydrogen-bond acceptors (Lipinski definition) is 5. The second-order valence-corrected chi connectivity index (χ2v) is 19.1. The Morgan fingerprint density at radius 1 is 0.209 bits per heavy atom. The number of anilines is 9. The summed E-state index contributed by atoms with van der Waals surface area (Å²) in [5.74, 6) is 0. The van der Waals surface area contributed by atoms with Crippen LogP contribution in [-0.4, -0.2) is 0 Å². The number of benzene rings is 11. The van der Waals surface area contributed by atoms with Gasteiger partial charge in [0.1, 0.15) is 0 Å². The number of nitrogens with zero attached hydrogens (tertiary/aromatic N) is 3. The number of fused-ring (bicyclic) bond motifs is 8. The lowest BCUT2D eigenvalue weighted by Crippen LogP contribution is -2.12. The average Bonchev–Trinajstić information content (AvgIpc) is 3.95. The van der Waals surface area contributed by atoms with Gasteiger partial charge in [0, 0.05) is 90.9 Å². The molecule has 13 rings (SSSR count). The summed E-state index contributed by atoms with van der Waals surface area (Å²) in [5.41, 5.74) is 10.1. The van der Waals surface area contributed by atoms with Gasteiger partial charge in [0.15, 0.2) is 0 Å². The van der Waals surface area contributed by atoms with E-state index < -0.39 is 0 Å². The summed E-state index contributed by atoms with van der Waals surface area (Å²) in [4.78, 5) is 7.20. The molecule has 0 N–H and O–H groups in total. The molecular formula is C62H41N3S2. The largest absolute Gasteiger partial charge is 0.310 e. The highest BCUT2D eigenvalue weighted by Gasteiger charge is 2.21. The van der Waals surface area contributed by atoms with Gasteiger partial charge >= 0.3 is 0 Å². The first kappa shape index (κ1) is 39.2. The van der Waals surface area contributed by atoms with Gasteiger partial charge in [-0.1, -0.05) is 133 Å². The van der Waals surface area contributed by atoms with E-state index in [1.807, 2.05) is 22.7 Å². The first-order chi connectivity index (χ1) is 33.2. The van der Waals surface area contributed by atoms with Crippen LogP contribution in [0.2, 0.25) is 0 Å². The van der Waals surface area contributed by atoms with Crippen LogP contribution in [0.5, 0.6) is 0 Å². The van der Waals surface area contributed by atoms with Crippen LogP contribution in [0.4, 0.5) is 51.2 Å². The SMILES string of the molecule is c1ccc(N(c2ccc(N(c3ccc4c(c3)sc3ccccc34)c3cccc4ccccc34)cc2)c2ccc3sc4ccc(N(c5ccccc5)c5cccc6ccccc56)cc4c3c2)cc1. The smallest absolute Gasteiger partial charge is 0.0540 e. The van der Waals surface area contributed by atoms with Crippen LogP contribution in [0.3, 0.4) is 0 Å². The monoisotopic (exact) mass is 891 g/mol. The summed E-state index contributed by atoms with van der Waals surface area (Å²) in [7, 11) is 0. The topological polar surface area (TPSA) is 9.72 Å². The maximum absolute atomic E-state index is 2.42. The van der Waals surface area contributed by atoms with Gasteiger partial charge in [-0.2, -0.15) is 0 Å². The summed E-state index contributed by atoms with van der Waals surface area (Å²) in [5, 5.41) is 9.93. The van der Waals surface area contributed by atoms with Crippen molar-refractivity contribution in [3.05, 3.63) is 249 Å². The molecule has 0 bridgehead atoms. The Balaban J connectivity index is 0.936. The zero-order valence-corrected chi connectivity index (χ0v) is 38.0. The van der Waals surface area contributed by atoms with Gasteiger partial charge in [0.2, 0.25) is 0 Å². The molecule has 11 aromatic carbocycles. The molecule has 0 aliphatic rings. The third-order valence-electron chi connectivity index (χ3n) is 13.0. The lowest BCUT2D eigenvalue weighted by Gasteiger charge is -2.29. The molecule has 0 saturated heterocycles. The molecule has 2 heterocycles. The average molecular weight is 892 g/mol. The molecule has 3 nitrogen and oxygen atoms in total. The lowest BCUT2D eigenvalue weighted by atomic mass is 10.1. The van der Waals surface area contributed by atoms with Gasteiger partial charge in [-0.15, -0.1) is 22.7 Å². The Labute approximate surface area is 396 Å². The Morgan fingerprint density at radius 2 is 0.582 bits per heavy atom. The standard InChI is InChI=1S/C62H41N3S2/c1-3-19-44(20-4-1)63(46-29-31-47(32-30-46)65(58-27-14-18-43-16-8-10-24-52(43)58)50-33-36-54-53-25-11-12-28-59(53)67-62(54)41-50)48-34-37-60-55(39-48)56-40-49(35-38-61(56)66-60)64(45-21-5-2-6-22-45)57-26-13-17-42-15-7-9-23-51(42)57/h1-41H. The van der Waals surface area contributed by atoms with Crippen molar-refractivity contribution < 1.29 is 0 Å². The Bertz CT molecular complexity index is 3940. The Morgan fingerprint density at radius 3 is 1.18 bits per heavy atom. The van der Waals surface area contributed by atoms with E-state index in [-0.39, 0.29) is 0 Å². The van der Waals surface area contributed by atoms with E-state index >= 15 is 0 Å². The first-order valence-electron chi connectivity index (χ1n) is 22.7. The lowest BCUT2D eigenvalue weighted by molar-refractivity contribution is 1.27. The highest BCUT2D eigenvalue weighted by Crippen LogP contribution is 2.47. The Hall–Kier alpha value is -8.22. The van der Waals surface area contributed by atoms with Crippen molar-refractivity contribution in [1.29, 1.82) is 0 Å². The van der Waals surface area contributed by atoms with Crippen LogP contribution < -0.4 is 14.7 Å². The highest BCUT2D eigenvalue weighted by atomic mass is 32.1. The van der Waals surface area contributed by atoms with Gasteiger partial charge in [-0.3, -0.25) is 0 Å². The molecule has 0 spiro atoms. The summed E-state index contributed by atoms with van der Waals surface area (Å²) in [6, 6.07) is 90.7. The van der Waals surface area contributed by atoms with E-state index in [0.29, 0.717) is 0 Å². The molecule has 67 heavy (non-hydrogen) atoms. The number of para-hydroxylation sites is 2. The van der Waals surface area contributed by atoms with Crippen LogP contribution in [0, 0.1) is 0 Å². The second kappa shape index (κ2) is 16.3. The molecule has 0 atom stereocenters. The van der Waals surface area contributed by atoms with Crippen LogP contribution in [0.15, 0.2) is 249 Å². The molecular weight excluding hydrogens is 851 g/mol. The van der Waals surface area contributed by atoms with Crippen molar-refractivity contribution in [3.63, 3.8) is 0 Å². The fourth-order valence-corrected chi connectivity index (χ4v) is 12.1. The van der Waals surface area contributed by atoms with E-state index in [9.17, 15) is 0 Å². The zero-order chi connectivity index (χ0) is 44.3. The summed E-state index contributed by atoms with van der Waals surface area (Å²) in [6.45, 7) is 0. The predicted molar refractivity (Wildman–Crippen MR) is 291 cm³/mol. The zero-order valence-electron chi connectivity index (χ0n) is 36.3. The maximum Gasteiger partial charge on any atom is 0.0540 e. The third kappa shape index (κ3) is 6.87. The molecule has 2 aromatic heterocycles. The molecule has 0 fully saturated rings. The fraction of sp³-hybridized carbons (Fsp3) is 0. The molecule has 0 aliphatic heterocycles. The number of hydrogen-bond donors (Lipinski definition) is 0. The molecule has 5 heteroatoms. The fourth-order valence-electron chi connectivity index (χ4n) is 9.90. The van der Waals surface area contributed by atoms with Gasteiger partial charge < -0.3 is 14.7 Å². The number of thiophene rings is 2. The van der Waals surface area contributed by atoms with Crippen molar-refractivity contribution in [3.8, 4) is 0 Å². The predicted octanol–water partition coefficient (Wildman–Crippen LogP) is 19.1. The Kier molecular flexibility index (Phi) is 9.55. The van der Waals surface area contributed by atoms with Crippen LogP contribution in [0.25, 0.3) is 61.9 Å². The second-order valence-electron chi connectivity index (χ2n) is 16.9. The van der Waals surface area contributed by atoms with E-state index in [2.05, 4.69) is 263 Å². The van der Waals surface area contributed by atoms with Crippen molar-refractivity contribution >= 4 is 136 Å². The van der Waals surface area contributed by atoms with Crippen molar-refractivity contribution in [1.82, 2.24) is 0 Å². The van der Waals surface area contributed by atoms with Crippen LogP contribution in [-0.2, 0) is 0 Å². The number of rotatable bonds is 9. The highest BCUT2D eigenvalue weighted by molar-refractivity contribution is 7.26. The minimum absolute atomic E-state index is 1.08. The molecule has 0 aliphatic carbocycles. The van der Waals surface area contributed by atoms with Crippen molar-refractivity contribution in [2.45, 2.75) is 0 Å². The van der Waals surface area contributed by atoms with E-state index in [0.717, 1.165) is 51.2 Å². The molecule has 0 unspecified atom stereocenters. The molecule has 0 saturated carbocycles. The van der Waals surface area contributed by atoms with Gasteiger partial charge in [0.05, 0.1) is 11.4 Å². The van der Waals surface area contributed by atoms with Crippen LogP contribution in [0.1, 0.15) is 0 Å². The maximum atomic E-state index is 2.42. The van der Waals surface area contributed by atoms with Crippen molar-refractivity contribution in [2.75, 3.05) is 14.7 Å². The van der Waals surface area contributed by atoms with Gasteiger partial charge in [0.25, 0.3) is 0 Å². The normalized spacial score (nSPS) is 11.6. The quantitative estimate of drug-likeness (QED) is 0.143. The van der Waals surface area contributed by atoms with Crippen LogP contribution >= 0.6 is 22.7 Å². The van der Waals surface area contributed by atoms with E-state index in [1.165, 1.54) is 61.9 Å². The minimum atomic E-state index is 1.08. The van der Waals surface area contributed by atoms with E-state index in [4.69, 9.17) is 0 Å². The van der Waals surface area contributed by atoms with Gasteiger partial charge in [-0.25, -0.2) is 0 Å². The minimum Gasteiger partial charge on any atom is -0.310 e. The van der Waals surface area contributed by atoms with Crippen molar-refractivity contribution in [2.24, 2.45) is 0 Å². The summed E-state index contributed by atoms with van der Waals surface area (Å²) in [6.07, 6.45) is 0. The summed E-state index contributed by atoms with van der Waals surface area (Å²) < 4.78 is 5.11.